The number of urea groups is 1. The van der Waals surface area contributed by atoms with Crippen LogP contribution in [0.4, 0.5) is 9.18 Å². The Morgan fingerprint density at radius 3 is 2.55 bits per heavy atom. The van der Waals surface area contributed by atoms with E-state index < -0.39 is 6.04 Å². The van der Waals surface area contributed by atoms with Gasteiger partial charge in [0.2, 0.25) is 5.82 Å². The Morgan fingerprint density at radius 1 is 1.09 bits per heavy atom. The van der Waals surface area contributed by atoms with Gasteiger partial charge in [-0.15, -0.1) is 11.3 Å². The van der Waals surface area contributed by atoms with Crippen LogP contribution in [-0.2, 0) is 6.54 Å². The monoisotopic (exact) mass is 460 g/mol. The quantitative estimate of drug-likeness (QED) is 0.400. The van der Waals surface area contributed by atoms with Crippen molar-refractivity contribution in [2.45, 2.75) is 26.4 Å². The highest BCUT2D eigenvalue weighted by Gasteiger charge is 2.35. The zero-order valence-electron chi connectivity index (χ0n) is 18.1. The highest BCUT2D eigenvalue weighted by atomic mass is 32.1. The molecule has 8 heteroatoms. The van der Waals surface area contributed by atoms with Crippen LogP contribution in [-0.4, -0.2) is 21.1 Å². The molecular formula is C25H21FN4O2S. The van der Waals surface area contributed by atoms with Gasteiger partial charge < -0.3 is 9.84 Å². The van der Waals surface area contributed by atoms with E-state index in [0.717, 1.165) is 27.1 Å². The molecule has 2 aromatic heterocycles. The molecular weight excluding hydrogens is 439 g/mol. The number of hydrogen-bond acceptors (Lipinski definition) is 5. The van der Waals surface area contributed by atoms with E-state index in [9.17, 15) is 9.18 Å². The van der Waals surface area contributed by atoms with E-state index >= 15 is 0 Å². The summed E-state index contributed by atoms with van der Waals surface area (Å²) in [6.45, 7) is 4.17. The molecule has 1 aliphatic heterocycles. The van der Waals surface area contributed by atoms with Crippen LogP contribution in [0, 0.1) is 12.7 Å². The summed E-state index contributed by atoms with van der Waals surface area (Å²) in [5.74, 6) is 0.539. The highest BCUT2D eigenvalue weighted by molar-refractivity contribution is 7.13. The van der Waals surface area contributed by atoms with Crippen molar-refractivity contribution < 1.29 is 13.7 Å². The molecule has 166 valence electrons. The van der Waals surface area contributed by atoms with Gasteiger partial charge in [0.25, 0.3) is 5.89 Å². The van der Waals surface area contributed by atoms with E-state index in [0.29, 0.717) is 17.4 Å². The maximum Gasteiger partial charge on any atom is 0.322 e. The topological polar surface area (TPSA) is 71.3 Å². The molecule has 1 aliphatic rings. The first-order valence-electron chi connectivity index (χ1n) is 10.5. The van der Waals surface area contributed by atoms with E-state index in [-0.39, 0.29) is 18.4 Å². The van der Waals surface area contributed by atoms with Crippen molar-refractivity contribution in [3.8, 4) is 10.7 Å². The average Bonchev–Trinajstić information content (AvgIpc) is 3.50. The summed E-state index contributed by atoms with van der Waals surface area (Å²) in [5.41, 5.74) is 4.29. The van der Waals surface area contributed by atoms with Gasteiger partial charge >= 0.3 is 6.03 Å². The van der Waals surface area contributed by atoms with Crippen molar-refractivity contribution in [2.75, 3.05) is 0 Å². The summed E-state index contributed by atoms with van der Waals surface area (Å²) >= 11 is 1.53. The van der Waals surface area contributed by atoms with Gasteiger partial charge in [0.1, 0.15) is 5.82 Å². The van der Waals surface area contributed by atoms with Crippen LogP contribution >= 0.6 is 11.3 Å². The minimum Gasteiger partial charge on any atom is -0.334 e. The van der Waals surface area contributed by atoms with Gasteiger partial charge in [0, 0.05) is 5.70 Å². The fourth-order valence-corrected chi connectivity index (χ4v) is 4.52. The molecule has 1 N–H and O–H groups in total. The third-order valence-electron chi connectivity index (χ3n) is 5.66. The summed E-state index contributed by atoms with van der Waals surface area (Å²) < 4.78 is 19.0. The summed E-state index contributed by atoms with van der Waals surface area (Å²) in [6, 6.07) is 17.3. The maximum atomic E-state index is 13.4. The molecule has 0 bridgehead atoms. The number of aryl methyl sites for hydroxylation is 1. The molecule has 0 saturated carbocycles. The van der Waals surface area contributed by atoms with E-state index in [4.69, 9.17) is 4.52 Å². The Morgan fingerprint density at radius 2 is 1.85 bits per heavy atom. The van der Waals surface area contributed by atoms with Gasteiger partial charge in [-0.05, 0) is 48.6 Å². The second-order valence-electron chi connectivity index (χ2n) is 7.91. The number of carbonyl (C=O) groups is 1. The number of nitrogens with one attached hydrogen (secondary N) is 1. The fraction of sp³-hybridized carbons (Fsp3) is 0.160. The lowest BCUT2D eigenvalue weighted by Crippen LogP contribution is -2.45. The number of nitrogens with zero attached hydrogens (tertiary/aromatic N) is 3. The van der Waals surface area contributed by atoms with Crippen LogP contribution in [0.15, 0.2) is 76.3 Å². The Kier molecular flexibility index (Phi) is 5.51. The molecule has 0 spiro atoms. The van der Waals surface area contributed by atoms with Gasteiger partial charge in [-0.2, -0.15) is 4.98 Å². The molecule has 0 fully saturated rings. The van der Waals surface area contributed by atoms with E-state index in [1.54, 1.807) is 17.0 Å². The highest BCUT2D eigenvalue weighted by Crippen LogP contribution is 2.38. The fourth-order valence-electron chi connectivity index (χ4n) is 3.87. The number of benzene rings is 2. The van der Waals surface area contributed by atoms with Crippen molar-refractivity contribution >= 4 is 22.9 Å². The van der Waals surface area contributed by atoms with Crippen LogP contribution in [0.3, 0.4) is 0 Å². The van der Waals surface area contributed by atoms with Crippen molar-refractivity contribution in [3.05, 3.63) is 100 Å². The average molecular weight is 461 g/mol. The first-order valence-corrected chi connectivity index (χ1v) is 11.4. The predicted molar refractivity (Wildman–Crippen MR) is 125 cm³/mol. The maximum absolute atomic E-state index is 13.4. The van der Waals surface area contributed by atoms with Gasteiger partial charge in [0.05, 0.1) is 23.0 Å². The molecule has 33 heavy (non-hydrogen) atoms. The molecule has 0 saturated heterocycles. The number of allylic oxidation sites excluding steroid dienone is 1. The van der Waals surface area contributed by atoms with Gasteiger partial charge in [0.15, 0.2) is 0 Å². The van der Waals surface area contributed by atoms with Crippen LogP contribution in [0.2, 0.25) is 0 Å². The van der Waals surface area contributed by atoms with Crippen LogP contribution in [0.1, 0.15) is 35.5 Å². The summed E-state index contributed by atoms with van der Waals surface area (Å²) in [7, 11) is 0. The molecule has 6 nitrogen and oxygen atoms in total. The molecule has 1 atom stereocenters. The zero-order chi connectivity index (χ0) is 22.9. The van der Waals surface area contributed by atoms with E-state index in [1.807, 2.05) is 55.6 Å². The second-order valence-corrected chi connectivity index (χ2v) is 8.85. The second kappa shape index (κ2) is 8.63. The van der Waals surface area contributed by atoms with Crippen molar-refractivity contribution in [1.82, 2.24) is 20.4 Å². The Bertz CT molecular complexity index is 1310. The van der Waals surface area contributed by atoms with Gasteiger partial charge in [-0.1, -0.05) is 53.2 Å². The van der Waals surface area contributed by atoms with Gasteiger partial charge in [-0.3, -0.25) is 4.90 Å². The van der Waals surface area contributed by atoms with E-state index in [2.05, 4.69) is 15.5 Å². The number of thiophene rings is 1. The normalized spacial score (nSPS) is 16.3. The molecule has 0 radical (unpaired) electrons. The minimum absolute atomic E-state index is 0.246. The molecule has 1 unspecified atom stereocenters. The summed E-state index contributed by atoms with van der Waals surface area (Å²) in [6.07, 6.45) is 0. The third kappa shape index (κ3) is 4.17. The number of hydrogen-bond donors (Lipinski definition) is 1. The molecule has 4 aromatic rings. The Labute approximate surface area is 194 Å². The molecule has 0 aliphatic carbocycles. The van der Waals surface area contributed by atoms with Crippen molar-refractivity contribution in [3.63, 3.8) is 0 Å². The first kappa shape index (κ1) is 21.1. The first-order chi connectivity index (χ1) is 16.0. The van der Waals surface area contributed by atoms with Crippen LogP contribution < -0.4 is 5.32 Å². The predicted octanol–water partition coefficient (Wildman–Crippen LogP) is 5.94. The van der Waals surface area contributed by atoms with Crippen LogP contribution in [0.25, 0.3) is 16.3 Å². The Hall–Kier alpha value is -3.78. The third-order valence-corrected chi connectivity index (χ3v) is 6.52. The minimum atomic E-state index is -0.445. The molecule has 2 aromatic carbocycles. The smallest absolute Gasteiger partial charge is 0.322 e. The molecule has 2 amide bonds. The lowest BCUT2D eigenvalue weighted by atomic mass is 9.94. The summed E-state index contributed by atoms with van der Waals surface area (Å²) in [5, 5.41) is 9.21. The number of halogens is 1. The number of carbonyl (C=O) groups excluding carboxylic acids is 1. The Balaban J connectivity index is 1.59. The zero-order valence-corrected chi connectivity index (χ0v) is 18.9. The number of amides is 2. The van der Waals surface area contributed by atoms with Crippen molar-refractivity contribution in [1.29, 1.82) is 0 Å². The largest absolute Gasteiger partial charge is 0.334 e. The van der Waals surface area contributed by atoms with Crippen LogP contribution in [0.5, 0.6) is 0 Å². The number of rotatable bonds is 5. The standard InChI is InChI=1S/C25H21FN4O2S/c1-15-5-9-18(10-6-15)22-21(24-28-23(29-32-24)20-4-3-13-33-20)16(2)30(25(31)27-22)14-17-7-11-19(26)12-8-17/h3-13,22H,14H2,1-2H3,(H,27,31). The van der Waals surface area contributed by atoms with Gasteiger partial charge in [-0.25, -0.2) is 9.18 Å². The van der Waals surface area contributed by atoms with Crippen molar-refractivity contribution in [2.24, 2.45) is 0 Å². The molecule has 5 rings (SSSR count). The molecule has 3 heterocycles. The summed E-state index contributed by atoms with van der Waals surface area (Å²) in [4.78, 5) is 20.3. The van der Waals surface area contributed by atoms with E-state index in [1.165, 1.54) is 23.5 Å². The lowest BCUT2D eigenvalue weighted by Gasteiger charge is -2.35. The number of aromatic nitrogens is 2. The SMILES string of the molecule is CC1=C(c2nc(-c3cccs3)no2)C(c2ccc(C)cc2)NC(=O)N1Cc1ccc(F)cc1. The lowest BCUT2D eigenvalue weighted by molar-refractivity contribution is 0.203.